The van der Waals surface area contributed by atoms with Crippen LogP contribution in [0.2, 0.25) is 5.02 Å². The second-order valence-electron chi connectivity index (χ2n) is 6.87. The average molecular weight is 410 g/mol. The largest absolute Gasteiger partial charge is 0.480 e. The Balaban J connectivity index is 2.18. The zero-order chi connectivity index (χ0) is 20.6. The summed E-state index contributed by atoms with van der Waals surface area (Å²) in [4.78, 5) is 26.2. The summed E-state index contributed by atoms with van der Waals surface area (Å²) in [5.41, 5.74) is -0.247. The molecule has 1 amide bonds. The van der Waals surface area contributed by atoms with Crippen molar-refractivity contribution in [3.8, 4) is 5.75 Å². The van der Waals surface area contributed by atoms with Crippen molar-refractivity contribution in [3.63, 3.8) is 0 Å². The van der Waals surface area contributed by atoms with Crippen molar-refractivity contribution < 1.29 is 28.2 Å². The molecule has 0 bridgehead atoms. The zero-order valence-corrected chi connectivity index (χ0v) is 15.9. The quantitative estimate of drug-likeness (QED) is 0.822. The molecule has 1 aliphatic rings. The van der Waals surface area contributed by atoms with Crippen molar-refractivity contribution in [2.75, 3.05) is 0 Å². The van der Waals surface area contributed by atoms with Gasteiger partial charge in [-0.2, -0.15) is 0 Å². The van der Waals surface area contributed by atoms with E-state index in [2.05, 4.69) is 0 Å². The molecular weight excluding hydrogens is 392 g/mol. The van der Waals surface area contributed by atoms with E-state index in [1.807, 2.05) is 0 Å². The normalized spacial score (nSPS) is 19.2. The molecule has 2 atom stereocenters. The number of benzene rings is 2. The van der Waals surface area contributed by atoms with Gasteiger partial charge in [-0.1, -0.05) is 31.5 Å². The van der Waals surface area contributed by atoms with Gasteiger partial charge in [0.05, 0.1) is 6.54 Å². The molecule has 0 fully saturated rings. The Morgan fingerprint density at radius 1 is 1.25 bits per heavy atom. The van der Waals surface area contributed by atoms with Gasteiger partial charge in [0.2, 0.25) is 0 Å². The van der Waals surface area contributed by atoms with Crippen LogP contribution in [0, 0.1) is 17.6 Å². The van der Waals surface area contributed by atoms with Crippen LogP contribution in [0.15, 0.2) is 36.4 Å². The van der Waals surface area contributed by atoms with Crippen molar-refractivity contribution in [2.45, 2.75) is 32.5 Å². The van der Waals surface area contributed by atoms with Gasteiger partial charge in [-0.15, -0.1) is 0 Å². The number of carboxylic acids is 1. The molecule has 0 aromatic heterocycles. The number of fused-ring (bicyclic) bond motifs is 1. The van der Waals surface area contributed by atoms with Crippen molar-refractivity contribution in [1.82, 2.24) is 4.90 Å². The van der Waals surface area contributed by atoms with Crippen LogP contribution in [-0.4, -0.2) is 28.0 Å². The number of carbonyl (C=O) groups is 2. The lowest BCUT2D eigenvalue weighted by atomic mass is 10.0. The Morgan fingerprint density at radius 3 is 2.46 bits per heavy atom. The maximum atomic E-state index is 14.2. The molecule has 0 saturated carbocycles. The molecule has 0 radical (unpaired) electrons. The van der Waals surface area contributed by atoms with Crippen LogP contribution in [0.5, 0.6) is 5.75 Å². The van der Waals surface area contributed by atoms with E-state index in [0.29, 0.717) is 0 Å². The number of amides is 1. The molecule has 3 rings (SSSR count). The predicted molar refractivity (Wildman–Crippen MR) is 98.0 cm³/mol. The van der Waals surface area contributed by atoms with E-state index in [9.17, 15) is 23.5 Å². The van der Waals surface area contributed by atoms with E-state index in [1.54, 1.807) is 13.8 Å². The molecule has 2 aromatic carbocycles. The summed E-state index contributed by atoms with van der Waals surface area (Å²) in [5, 5.41) is 10.1. The first-order chi connectivity index (χ1) is 13.2. The Bertz CT molecular complexity index is 914. The lowest BCUT2D eigenvalue weighted by Gasteiger charge is -2.30. The molecule has 148 valence electrons. The summed E-state index contributed by atoms with van der Waals surface area (Å²) in [6.07, 6.45) is -1.01. The third-order valence-corrected chi connectivity index (χ3v) is 4.82. The van der Waals surface area contributed by atoms with Gasteiger partial charge in [0.15, 0.2) is 12.1 Å². The van der Waals surface area contributed by atoms with Crippen LogP contribution in [0.1, 0.15) is 31.0 Å². The second-order valence-corrected chi connectivity index (χ2v) is 7.31. The minimum Gasteiger partial charge on any atom is -0.480 e. The second kappa shape index (κ2) is 7.75. The number of aliphatic carboxylic acids is 1. The monoisotopic (exact) mass is 409 g/mol. The van der Waals surface area contributed by atoms with E-state index in [0.717, 1.165) is 17.0 Å². The summed E-state index contributed by atoms with van der Waals surface area (Å²) in [7, 11) is 0. The first-order valence-corrected chi connectivity index (χ1v) is 9.00. The van der Waals surface area contributed by atoms with Crippen LogP contribution in [0.4, 0.5) is 8.78 Å². The van der Waals surface area contributed by atoms with Crippen molar-refractivity contribution in [2.24, 2.45) is 5.92 Å². The number of nitrogens with zero attached hydrogens (tertiary/aromatic N) is 1. The van der Waals surface area contributed by atoms with Crippen LogP contribution in [0.25, 0.3) is 0 Å². The minimum absolute atomic E-state index is 0.147. The highest BCUT2D eigenvalue weighted by Gasteiger charge is 2.42. The number of halogens is 3. The smallest absolute Gasteiger partial charge is 0.331 e. The first-order valence-electron chi connectivity index (χ1n) is 8.63. The number of carboxylic acid groups (broad SMARTS) is 1. The van der Waals surface area contributed by atoms with E-state index in [-0.39, 0.29) is 22.3 Å². The molecule has 2 aromatic rings. The van der Waals surface area contributed by atoms with E-state index < -0.39 is 47.8 Å². The highest BCUT2D eigenvalue weighted by molar-refractivity contribution is 6.30. The number of ether oxygens (including phenoxy) is 1. The van der Waals surface area contributed by atoms with Gasteiger partial charge in [-0.25, -0.2) is 13.6 Å². The molecule has 2 unspecified atom stereocenters. The third kappa shape index (κ3) is 3.67. The summed E-state index contributed by atoms with van der Waals surface area (Å²) in [5.74, 6) is -3.88. The highest BCUT2D eigenvalue weighted by Crippen LogP contribution is 2.38. The zero-order valence-electron chi connectivity index (χ0n) is 15.2. The number of rotatable bonds is 4. The van der Waals surface area contributed by atoms with Gasteiger partial charge >= 0.3 is 5.97 Å². The van der Waals surface area contributed by atoms with Crippen molar-refractivity contribution >= 4 is 23.5 Å². The third-order valence-electron chi connectivity index (χ3n) is 4.59. The molecule has 0 spiro atoms. The topological polar surface area (TPSA) is 66.8 Å². The van der Waals surface area contributed by atoms with Gasteiger partial charge in [0.25, 0.3) is 5.91 Å². The summed E-state index contributed by atoms with van der Waals surface area (Å²) >= 11 is 6.02. The fraction of sp³-hybridized carbons (Fsp3) is 0.300. The summed E-state index contributed by atoms with van der Waals surface area (Å²) in [6, 6.07) is 6.19. The summed E-state index contributed by atoms with van der Waals surface area (Å²) < 4.78 is 34.2. The molecule has 0 aliphatic carbocycles. The lowest BCUT2D eigenvalue weighted by Crippen LogP contribution is -2.45. The van der Waals surface area contributed by atoms with E-state index >= 15 is 0 Å². The maximum Gasteiger partial charge on any atom is 0.331 e. The fourth-order valence-electron chi connectivity index (χ4n) is 3.20. The SMILES string of the molecule is CC(C)C1Oc2ccc(Cl)cc2C(C(=O)O)N(Cc2c(F)cccc2F)C1=O. The van der Waals surface area contributed by atoms with Gasteiger partial charge in [-0.3, -0.25) is 4.79 Å². The van der Waals surface area contributed by atoms with E-state index in [1.165, 1.54) is 24.3 Å². The Hall–Kier alpha value is -2.67. The summed E-state index contributed by atoms with van der Waals surface area (Å²) in [6.45, 7) is 2.91. The van der Waals surface area contributed by atoms with Crippen LogP contribution in [-0.2, 0) is 16.1 Å². The molecule has 8 heteroatoms. The van der Waals surface area contributed by atoms with Gasteiger partial charge in [-0.05, 0) is 36.2 Å². The van der Waals surface area contributed by atoms with E-state index in [4.69, 9.17) is 16.3 Å². The highest BCUT2D eigenvalue weighted by atomic mass is 35.5. The first kappa shape index (κ1) is 20.1. The van der Waals surface area contributed by atoms with Crippen LogP contribution < -0.4 is 4.74 Å². The maximum absolute atomic E-state index is 14.2. The molecule has 1 aliphatic heterocycles. The van der Waals surface area contributed by atoms with Gasteiger partial charge < -0.3 is 14.7 Å². The van der Waals surface area contributed by atoms with Crippen molar-refractivity contribution in [3.05, 3.63) is 64.2 Å². The minimum atomic E-state index is -1.51. The fourth-order valence-corrected chi connectivity index (χ4v) is 3.38. The molecule has 1 N–H and O–H groups in total. The molecule has 5 nitrogen and oxygen atoms in total. The average Bonchev–Trinajstić information content (AvgIpc) is 2.73. The molecule has 0 saturated heterocycles. The van der Waals surface area contributed by atoms with Gasteiger partial charge in [0, 0.05) is 16.1 Å². The Morgan fingerprint density at radius 2 is 1.89 bits per heavy atom. The number of carbonyl (C=O) groups excluding carboxylic acids is 1. The van der Waals surface area contributed by atoms with Crippen LogP contribution in [0.3, 0.4) is 0 Å². The number of hydrogen-bond acceptors (Lipinski definition) is 3. The Labute approximate surface area is 165 Å². The molecule has 28 heavy (non-hydrogen) atoms. The predicted octanol–water partition coefficient (Wildman–Crippen LogP) is 4.19. The van der Waals surface area contributed by atoms with Crippen molar-refractivity contribution in [1.29, 1.82) is 0 Å². The molecule has 1 heterocycles. The van der Waals surface area contributed by atoms with Gasteiger partial charge in [0.1, 0.15) is 17.4 Å². The standard InChI is InChI=1S/C20H18ClF2NO4/c1-10(2)18-19(25)24(9-13-14(22)4-3-5-15(13)23)17(20(26)27)12-8-11(21)6-7-16(12)28-18/h3-8,10,17-18H,9H2,1-2H3,(H,26,27). The lowest BCUT2D eigenvalue weighted by molar-refractivity contribution is -0.154. The van der Waals surface area contributed by atoms with Crippen LogP contribution >= 0.6 is 11.6 Å². The number of hydrogen-bond donors (Lipinski definition) is 1. The molecular formula is C20H18ClF2NO4. The Kier molecular flexibility index (Phi) is 5.56.